The van der Waals surface area contributed by atoms with Crippen molar-refractivity contribution in [3.8, 4) is 0 Å². The highest BCUT2D eigenvalue weighted by molar-refractivity contribution is 5.97. The third-order valence-electron chi connectivity index (χ3n) is 9.32. The van der Waals surface area contributed by atoms with Gasteiger partial charge < -0.3 is 0 Å². The minimum Gasteiger partial charge on any atom is -0.0622 e. The molecule has 0 aliphatic heterocycles. The summed E-state index contributed by atoms with van der Waals surface area (Å²) in [5, 5.41) is 0. The molecule has 208 valence electrons. The summed E-state index contributed by atoms with van der Waals surface area (Å²) in [5.41, 5.74) is 16.5. The molecule has 0 fully saturated rings. The van der Waals surface area contributed by atoms with Crippen LogP contribution in [0, 0.1) is 0 Å². The van der Waals surface area contributed by atoms with Crippen LogP contribution < -0.4 is 0 Å². The zero-order valence-electron chi connectivity index (χ0n) is 26.0. The lowest BCUT2D eigenvalue weighted by atomic mass is 9.74. The fraction of sp³-hybridized carbons (Fsp3) is 0.317. The molecule has 4 aromatic rings. The van der Waals surface area contributed by atoms with E-state index in [0.29, 0.717) is 23.7 Å². The van der Waals surface area contributed by atoms with Gasteiger partial charge in [-0.2, -0.15) is 0 Å². The van der Waals surface area contributed by atoms with Crippen molar-refractivity contribution in [1.29, 1.82) is 0 Å². The Kier molecular flexibility index (Phi) is 6.93. The maximum atomic E-state index is 2.59. The summed E-state index contributed by atoms with van der Waals surface area (Å²) >= 11 is 0. The molecule has 0 saturated carbocycles. The molecule has 0 amide bonds. The first-order valence-electron chi connectivity index (χ1n) is 15.6. The molecule has 0 bridgehead atoms. The van der Waals surface area contributed by atoms with Crippen LogP contribution in [-0.2, 0) is 5.41 Å². The summed E-state index contributed by atoms with van der Waals surface area (Å²) in [4.78, 5) is 0. The number of hydrogen-bond acceptors (Lipinski definition) is 0. The van der Waals surface area contributed by atoms with Gasteiger partial charge in [-0.05, 0) is 90.5 Å². The van der Waals surface area contributed by atoms with Gasteiger partial charge in [0, 0.05) is 0 Å². The highest BCUT2D eigenvalue weighted by Gasteiger charge is 2.45. The van der Waals surface area contributed by atoms with E-state index in [1.54, 1.807) is 0 Å². The van der Waals surface area contributed by atoms with Crippen LogP contribution in [0.15, 0.2) is 97.1 Å². The molecule has 0 N–H and O–H groups in total. The smallest absolute Gasteiger partial charge is 0.0593 e. The molecule has 2 aliphatic carbocycles. The maximum Gasteiger partial charge on any atom is 0.0593 e. The summed E-state index contributed by atoms with van der Waals surface area (Å²) in [7, 11) is 0. The van der Waals surface area contributed by atoms with Crippen molar-refractivity contribution >= 4 is 11.1 Å². The summed E-state index contributed by atoms with van der Waals surface area (Å²) in [6.45, 7) is 18.7. The lowest BCUT2D eigenvalue weighted by Gasteiger charge is -2.28. The number of hydrogen-bond donors (Lipinski definition) is 0. The zero-order chi connectivity index (χ0) is 29.1. The first kappa shape index (κ1) is 27.5. The third-order valence-corrected chi connectivity index (χ3v) is 9.32. The van der Waals surface area contributed by atoms with Gasteiger partial charge in [-0.25, -0.2) is 0 Å². The molecule has 0 heterocycles. The first-order valence-corrected chi connectivity index (χ1v) is 15.6. The van der Waals surface area contributed by atoms with E-state index in [-0.39, 0.29) is 5.41 Å². The van der Waals surface area contributed by atoms with Gasteiger partial charge in [-0.15, -0.1) is 0 Å². The minimum absolute atomic E-state index is 0.306. The van der Waals surface area contributed by atoms with Crippen molar-refractivity contribution in [3.05, 3.63) is 153 Å². The van der Waals surface area contributed by atoms with Crippen LogP contribution in [0.1, 0.15) is 135 Å². The van der Waals surface area contributed by atoms with Gasteiger partial charge in [0.1, 0.15) is 0 Å². The Morgan fingerprint density at radius 1 is 0.415 bits per heavy atom. The van der Waals surface area contributed by atoms with Gasteiger partial charge in [0.25, 0.3) is 0 Å². The molecular formula is C41H44. The Balaban J connectivity index is 1.75. The predicted octanol–water partition coefficient (Wildman–Crippen LogP) is 11.4. The van der Waals surface area contributed by atoms with Crippen molar-refractivity contribution in [2.45, 2.75) is 84.5 Å². The van der Waals surface area contributed by atoms with Crippen LogP contribution in [-0.4, -0.2) is 0 Å². The summed E-state index contributed by atoms with van der Waals surface area (Å²) < 4.78 is 0. The van der Waals surface area contributed by atoms with E-state index < -0.39 is 0 Å². The van der Waals surface area contributed by atoms with E-state index in [0.717, 1.165) is 0 Å². The van der Waals surface area contributed by atoms with Crippen LogP contribution in [0.5, 0.6) is 0 Å². The van der Waals surface area contributed by atoms with Crippen molar-refractivity contribution in [2.24, 2.45) is 0 Å². The largest absolute Gasteiger partial charge is 0.0622 e. The molecule has 1 spiro atoms. The van der Waals surface area contributed by atoms with E-state index in [1.165, 1.54) is 66.8 Å². The molecule has 0 aromatic heterocycles. The van der Waals surface area contributed by atoms with Crippen LogP contribution in [0.4, 0.5) is 0 Å². The standard InChI is InChI=1S/C41H44/c1-25(2)31-19-35-37(29-15-11-9-12-16-29)23-41(39(35)21-33(31)27(5)6)24-38(30-17-13-10-14-18-30)36-20-32(26(3)4)34(28(7)8)22-40(36)41/h9-28H,1-8H3. The lowest BCUT2D eigenvalue weighted by Crippen LogP contribution is -2.20. The van der Waals surface area contributed by atoms with E-state index in [1.807, 2.05) is 0 Å². The Bertz CT molecular complexity index is 1530. The second-order valence-corrected chi connectivity index (χ2v) is 13.4. The third kappa shape index (κ3) is 4.44. The Hall–Kier alpha value is -3.64. The maximum absolute atomic E-state index is 2.59. The molecule has 0 nitrogen and oxygen atoms in total. The summed E-state index contributed by atoms with van der Waals surface area (Å²) in [6, 6.07) is 32.2. The lowest BCUT2D eigenvalue weighted by molar-refractivity contribution is 0.765. The monoisotopic (exact) mass is 536 g/mol. The van der Waals surface area contributed by atoms with Gasteiger partial charge >= 0.3 is 0 Å². The summed E-state index contributed by atoms with van der Waals surface area (Å²) in [6.07, 6.45) is 5.18. The van der Waals surface area contributed by atoms with Crippen LogP contribution in [0.2, 0.25) is 0 Å². The normalized spacial score (nSPS) is 15.2. The Morgan fingerprint density at radius 3 is 1.05 bits per heavy atom. The van der Waals surface area contributed by atoms with Gasteiger partial charge in [0.2, 0.25) is 0 Å². The van der Waals surface area contributed by atoms with Gasteiger partial charge in [-0.3, -0.25) is 0 Å². The Morgan fingerprint density at radius 2 is 0.732 bits per heavy atom. The molecule has 0 saturated heterocycles. The molecule has 0 unspecified atom stereocenters. The van der Waals surface area contributed by atoms with E-state index in [4.69, 9.17) is 0 Å². The van der Waals surface area contributed by atoms with Gasteiger partial charge in [0.15, 0.2) is 0 Å². The fourth-order valence-electron chi connectivity index (χ4n) is 7.22. The molecule has 41 heavy (non-hydrogen) atoms. The topological polar surface area (TPSA) is 0 Å². The van der Waals surface area contributed by atoms with Crippen molar-refractivity contribution in [2.75, 3.05) is 0 Å². The quantitative estimate of drug-likeness (QED) is 0.230. The molecular weight excluding hydrogens is 492 g/mol. The fourth-order valence-corrected chi connectivity index (χ4v) is 7.22. The van der Waals surface area contributed by atoms with Crippen molar-refractivity contribution < 1.29 is 0 Å². The zero-order valence-corrected chi connectivity index (χ0v) is 26.0. The number of fused-ring (bicyclic) bond motifs is 4. The van der Waals surface area contributed by atoms with Crippen molar-refractivity contribution in [1.82, 2.24) is 0 Å². The van der Waals surface area contributed by atoms with Gasteiger partial charge in [0.05, 0.1) is 5.41 Å². The van der Waals surface area contributed by atoms with Crippen molar-refractivity contribution in [3.63, 3.8) is 0 Å². The number of benzene rings is 4. The highest BCUT2D eigenvalue weighted by Crippen LogP contribution is 2.57. The highest BCUT2D eigenvalue weighted by atomic mass is 14.5. The number of allylic oxidation sites excluding steroid dienone is 2. The number of rotatable bonds is 6. The van der Waals surface area contributed by atoms with E-state index >= 15 is 0 Å². The average molecular weight is 537 g/mol. The second-order valence-electron chi connectivity index (χ2n) is 13.4. The molecule has 0 atom stereocenters. The molecule has 2 aliphatic rings. The second kappa shape index (κ2) is 10.3. The van der Waals surface area contributed by atoms with Crippen LogP contribution in [0.25, 0.3) is 11.1 Å². The summed E-state index contributed by atoms with van der Waals surface area (Å²) in [5.74, 6) is 1.87. The van der Waals surface area contributed by atoms with E-state index in [2.05, 4.69) is 152 Å². The molecule has 0 heteroatoms. The van der Waals surface area contributed by atoms with Gasteiger partial charge in [-0.1, -0.05) is 152 Å². The Labute approximate surface area is 247 Å². The van der Waals surface area contributed by atoms with Crippen LogP contribution >= 0.6 is 0 Å². The van der Waals surface area contributed by atoms with E-state index in [9.17, 15) is 0 Å². The van der Waals surface area contributed by atoms with Crippen LogP contribution in [0.3, 0.4) is 0 Å². The molecule has 4 aromatic carbocycles. The molecule has 0 radical (unpaired) electrons. The SMILES string of the molecule is CC(C)c1cc2c(cc1C(C)C)C1(C=C2c2ccccc2)C=C(c2ccccc2)c2cc(C(C)C)c(C(C)C)cc21. The first-order chi connectivity index (χ1) is 19.6. The molecule has 6 rings (SSSR count). The minimum atomic E-state index is -0.306. The predicted molar refractivity (Wildman–Crippen MR) is 177 cm³/mol. The average Bonchev–Trinajstić information content (AvgIpc) is 3.47.